The number of oxazole rings is 1. The summed E-state index contributed by atoms with van der Waals surface area (Å²) in [6.45, 7) is 8.59. The van der Waals surface area contributed by atoms with Crippen LogP contribution in [-0.2, 0) is 32.0 Å². The van der Waals surface area contributed by atoms with Crippen LogP contribution >= 0.6 is 0 Å². The lowest BCUT2D eigenvalue weighted by Gasteiger charge is -2.26. The number of aryl methyl sites for hydroxylation is 1. The van der Waals surface area contributed by atoms with Gasteiger partial charge in [0.2, 0.25) is 5.89 Å². The van der Waals surface area contributed by atoms with E-state index in [0.717, 1.165) is 35.9 Å². The number of fused-ring (bicyclic) bond motifs is 1. The first-order valence-corrected chi connectivity index (χ1v) is 7.56. The second kappa shape index (κ2) is 5.35. The second-order valence-corrected chi connectivity index (χ2v) is 6.91. The maximum Gasteiger partial charge on any atom is 0.266 e. The first kappa shape index (κ1) is 15.0. The van der Waals surface area contributed by atoms with Crippen molar-refractivity contribution in [2.75, 3.05) is 6.54 Å². The molecule has 0 saturated carbocycles. The smallest absolute Gasteiger partial charge is 0.266 e. The van der Waals surface area contributed by atoms with Crippen molar-refractivity contribution >= 4 is 0 Å². The molecule has 0 saturated heterocycles. The van der Waals surface area contributed by atoms with Crippen molar-refractivity contribution in [2.45, 2.75) is 45.7 Å². The predicted octanol–water partition coefficient (Wildman–Crippen LogP) is 1.62. The quantitative estimate of drug-likeness (QED) is 0.843. The Kier molecular flexibility index (Phi) is 3.64. The first-order valence-electron chi connectivity index (χ1n) is 7.56. The molecule has 0 aromatic carbocycles. The fourth-order valence-corrected chi connectivity index (χ4v) is 2.61. The van der Waals surface area contributed by atoms with Crippen LogP contribution in [0.4, 0.5) is 0 Å². The molecule has 6 nitrogen and oxygen atoms in total. The summed E-state index contributed by atoms with van der Waals surface area (Å²) in [7, 11) is 1.69. The van der Waals surface area contributed by atoms with Gasteiger partial charge in [-0.1, -0.05) is 20.8 Å². The molecule has 0 N–H and O–H groups in total. The normalized spacial score (nSPS) is 15.8. The van der Waals surface area contributed by atoms with Crippen LogP contribution < -0.4 is 5.56 Å². The number of hydrogen-bond donors (Lipinski definition) is 0. The highest BCUT2D eigenvalue weighted by Gasteiger charge is 2.22. The van der Waals surface area contributed by atoms with Gasteiger partial charge in [0.05, 0.1) is 18.4 Å². The molecule has 0 spiro atoms. The van der Waals surface area contributed by atoms with Gasteiger partial charge >= 0.3 is 0 Å². The zero-order chi connectivity index (χ0) is 15.9. The summed E-state index contributed by atoms with van der Waals surface area (Å²) in [5.41, 5.74) is 1.93. The summed E-state index contributed by atoms with van der Waals surface area (Å²) in [4.78, 5) is 18.3. The van der Waals surface area contributed by atoms with E-state index in [-0.39, 0.29) is 11.0 Å². The Morgan fingerprint density at radius 2 is 2.14 bits per heavy atom. The van der Waals surface area contributed by atoms with Gasteiger partial charge in [-0.15, -0.1) is 0 Å². The van der Waals surface area contributed by atoms with E-state index in [1.807, 2.05) is 6.20 Å². The molecule has 0 unspecified atom stereocenters. The van der Waals surface area contributed by atoms with Crippen molar-refractivity contribution < 1.29 is 4.42 Å². The van der Waals surface area contributed by atoms with Crippen LogP contribution in [0.2, 0.25) is 0 Å². The van der Waals surface area contributed by atoms with Crippen LogP contribution in [0.15, 0.2) is 21.5 Å². The zero-order valence-electron chi connectivity index (χ0n) is 13.6. The minimum absolute atomic E-state index is 0.0319. The highest BCUT2D eigenvalue weighted by atomic mass is 16.4. The molecule has 1 aliphatic heterocycles. The van der Waals surface area contributed by atoms with E-state index in [9.17, 15) is 4.79 Å². The van der Waals surface area contributed by atoms with Crippen LogP contribution in [0, 0.1) is 0 Å². The molecule has 0 amide bonds. The average Bonchev–Trinajstić information content (AvgIpc) is 2.89. The molecule has 1 aliphatic rings. The minimum Gasteiger partial charge on any atom is -0.444 e. The predicted molar refractivity (Wildman–Crippen MR) is 82.5 cm³/mol. The van der Waals surface area contributed by atoms with Gasteiger partial charge in [-0.05, 0) is 5.56 Å². The summed E-state index contributed by atoms with van der Waals surface area (Å²) in [6, 6.07) is 1.69. The summed E-state index contributed by atoms with van der Waals surface area (Å²) >= 11 is 0. The lowest BCUT2D eigenvalue weighted by Crippen LogP contribution is -2.34. The number of hydrogen-bond acceptors (Lipinski definition) is 5. The molecule has 6 heteroatoms. The molecule has 0 radical (unpaired) electrons. The number of aromatic nitrogens is 3. The van der Waals surface area contributed by atoms with Gasteiger partial charge < -0.3 is 4.42 Å². The maximum absolute atomic E-state index is 11.7. The van der Waals surface area contributed by atoms with Crippen molar-refractivity contribution in [3.63, 3.8) is 0 Å². The minimum atomic E-state index is -0.0632. The monoisotopic (exact) mass is 302 g/mol. The van der Waals surface area contributed by atoms with E-state index < -0.39 is 0 Å². The molecule has 0 atom stereocenters. The Hall–Kier alpha value is -1.95. The molecule has 0 fully saturated rings. The zero-order valence-corrected chi connectivity index (χ0v) is 13.6. The highest BCUT2D eigenvalue weighted by Crippen LogP contribution is 2.24. The number of nitrogens with zero attached hydrogens (tertiary/aromatic N) is 4. The van der Waals surface area contributed by atoms with Gasteiger partial charge in [-0.3, -0.25) is 9.69 Å². The SMILES string of the molecule is Cn1nc2c(cc1=O)CN(Cc1ncc(C(C)(C)C)o1)CC2. The van der Waals surface area contributed by atoms with Gasteiger partial charge in [0.15, 0.2) is 0 Å². The molecule has 2 aromatic heterocycles. The van der Waals surface area contributed by atoms with Crippen molar-refractivity contribution in [3.8, 4) is 0 Å². The maximum atomic E-state index is 11.7. The molecule has 0 aliphatic carbocycles. The van der Waals surface area contributed by atoms with Gasteiger partial charge in [0, 0.05) is 38.0 Å². The van der Waals surface area contributed by atoms with E-state index in [4.69, 9.17) is 4.42 Å². The van der Waals surface area contributed by atoms with E-state index in [1.165, 1.54) is 4.68 Å². The Bertz CT molecular complexity index is 739. The molecule has 0 bridgehead atoms. The van der Waals surface area contributed by atoms with Crippen LogP contribution in [0.3, 0.4) is 0 Å². The van der Waals surface area contributed by atoms with E-state index >= 15 is 0 Å². The van der Waals surface area contributed by atoms with Crippen LogP contribution in [0.25, 0.3) is 0 Å². The summed E-state index contributed by atoms with van der Waals surface area (Å²) < 4.78 is 7.25. The summed E-state index contributed by atoms with van der Waals surface area (Å²) in [5.74, 6) is 1.63. The molecular weight excluding hydrogens is 280 g/mol. The fourth-order valence-electron chi connectivity index (χ4n) is 2.61. The van der Waals surface area contributed by atoms with Crippen LogP contribution in [-0.4, -0.2) is 26.2 Å². The van der Waals surface area contributed by atoms with Crippen LogP contribution in [0.5, 0.6) is 0 Å². The Balaban J connectivity index is 1.74. The average molecular weight is 302 g/mol. The third-order valence-electron chi connectivity index (χ3n) is 3.97. The van der Waals surface area contributed by atoms with Gasteiger partial charge in [0.25, 0.3) is 5.56 Å². The molecule has 3 heterocycles. The standard InChI is InChI=1S/C16H22N4O2/c1-16(2,3)13-8-17-14(22-13)10-20-6-5-12-11(9-20)7-15(21)19(4)18-12/h7-8H,5-6,9-10H2,1-4H3. The lowest BCUT2D eigenvalue weighted by molar-refractivity contribution is 0.213. The molecule has 22 heavy (non-hydrogen) atoms. The van der Waals surface area contributed by atoms with Crippen molar-refractivity contribution in [2.24, 2.45) is 7.05 Å². The third kappa shape index (κ3) is 2.97. The van der Waals surface area contributed by atoms with Gasteiger partial charge in [-0.25, -0.2) is 9.67 Å². The fraction of sp³-hybridized carbons (Fsp3) is 0.562. The van der Waals surface area contributed by atoms with Gasteiger partial charge in [-0.2, -0.15) is 5.10 Å². The topological polar surface area (TPSA) is 64.2 Å². The van der Waals surface area contributed by atoms with E-state index in [2.05, 4.69) is 35.8 Å². The molecule has 2 aromatic rings. The van der Waals surface area contributed by atoms with E-state index in [1.54, 1.807) is 13.1 Å². The van der Waals surface area contributed by atoms with Crippen LogP contribution in [0.1, 0.15) is 43.7 Å². The Morgan fingerprint density at radius 1 is 1.36 bits per heavy atom. The third-order valence-corrected chi connectivity index (χ3v) is 3.97. The molecule has 3 rings (SSSR count). The number of rotatable bonds is 2. The first-order chi connectivity index (χ1) is 10.3. The Labute approximate surface area is 129 Å². The lowest BCUT2D eigenvalue weighted by atomic mass is 9.94. The second-order valence-electron chi connectivity index (χ2n) is 6.91. The molecule has 118 valence electrons. The van der Waals surface area contributed by atoms with Crippen molar-refractivity contribution in [1.29, 1.82) is 0 Å². The summed E-state index contributed by atoms with van der Waals surface area (Å²) in [6.07, 6.45) is 2.65. The van der Waals surface area contributed by atoms with Crippen molar-refractivity contribution in [3.05, 3.63) is 45.5 Å². The largest absolute Gasteiger partial charge is 0.444 e. The highest BCUT2D eigenvalue weighted by molar-refractivity contribution is 5.20. The van der Waals surface area contributed by atoms with Crippen molar-refractivity contribution in [1.82, 2.24) is 19.7 Å². The summed E-state index contributed by atoms with van der Waals surface area (Å²) in [5, 5.41) is 4.33. The van der Waals surface area contributed by atoms with E-state index in [0.29, 0.717) is 13.1 Å². The van der Waals surface area contributed by atoms with Gasteiger partial charge in [0.1, 0.15) is 5.76 Å². The molecular formula is C16H22N4O2. The Morgan fingerprint density at radius 3 is 2.82 bits per heavy atom.